The number of anilines is 1. The average Bonchev–Trinajstić information content (AvgIpc) is 2.45. The number of nitriles is 1. The smallest absolute Gasteiger partial charge is 0.380 e. The minimum absolute atomic E-state index is 0.0991. The van der Waals surface area contributed by atoms with Crippen molar-refractivity contribution in [3.8, 4) is 6.07 Å². The van der Waals surface area contributed by atoms with Crippen LogP contribution in [0.2, 0.25) is 0 Å². The van der Waals surface area contributed by atoms with Crippen molar-refractivity contribution in [2.75, 3.05) is 5.32 Å². The summed E-state index contributed by atoms with van der Waals surface area (Å²) in [5.74, 6) is -0.545. The molecule has 2 nitrogen and oxygen atoms in total. The molecule has 0 atom stereocenters. The molecule has 6 heteroatoms. The standard InChI is InChI=1S/C15H10F4N2/c16-13-4-5-14(11(7-13)8-20)21-9-10-2-1-3-12(6-10)15(17,18)19/h1-7,21H,9H2. The SMILES string of the molecule is N#Cc1cc(F)ccc1NCc1cccc(C(F)(F)F)c1. The maximum absolute atomic E-state index is 13.0. The van der Waals surface area contributed by atoms with Gasteiger partial charge in [0, 0.05) is 6.54 Å². The lowest BCUT2D eigenvalue weighted by atomic mass is 10.1. The maximum atomic E-state index is 13.0. The summed E-state index contributed by atoms with van der Waals surface area (Å²) in [5.41, 5.74) is 0.151. The molecule has 0 saturated carbocycles. The normalized spacial score (nSPS) is 11.0. The van der Waals surface area contributed by atoms with E-state index in [-0.39, 0.29) is 12.1 Å². The van der Waals surface area contributed by atoms with E-state index in [2.05, 4.69) is 5.32 Å². The van der Waals surface area contributed by atoms with Crippen LogP contribution in [0.1, 0.15) is 16.7 Å². The zero-order valence-corrected chi connectivity index (χ0v) is 10.7. The molecule has 0 aliphatic heterocycles. The molecule has 0 fully saturated rings. The molecule has 0 saturated heterocycles. The summed E-state index contributed by atoms with van der Waals surface area (Å²) in [5, 5.41) is 11.7. The number of nitrogens with zero attached hydrogens (tertiary/aromatic N) is 1. The molecule has 108 valence electrons. The van der Waals surface area contributed by atoms with Crippen molar-refractivity contribution in [1.82, 2.24) is 0 Å². The zero-order chi connectivity index (χ0) is 15.5. The molecule has 2 aromatic carbocycles. The molecule has 0 heterocycles. The lowest BCUT2D eigenvalue weighted by Gasteiger charge is -2.11. The summed E-state index contributed by atoms with van der Waals surface area (Å²) in [4.78, 5) is 0. The molecule has 0 spiro atoms. The molecule has 2 rings (SSSR count). The van der Waals surface area contributed by atoms with Gasteiger partial charge < -0.3 is 5.32 Å². The molecule has 2 aromatic rings. The van der Waals surface area contributed by atoms with Gasteiger partial charge in [-0.1, -0.05) is 12.1 Å². The Morgan fingerprint density at radius 2 is 1.86 bits per heavy atom. The average molecular weight is 294 g/mol. The van der Waals surface area contributed by atoms with E-state index >= 15 is 0 Å². The first-order chi connectivity index (χ1) is 9.90. The predicted octanol–water partition coefficient (Wildman–Crippen LogP) is 4.33. The quantitative estimate of drug-likeness (QED) is 0.855. The van der Waals surface area contributed by atoms with Crippen molar-refractivity contribution < 1.29 is 17.6 Å². The van der Waals surface area contributed by atoms with Gasteiger partial charge in [0.1, 0.15) is 11.9 Å². The van der Waals surface area contributed by atoms with Crippen LogP contribution < -0.4 is 5.32 Å². The van der Waals surface area contributed by atoms with Crippen LogP contribution in [-0.4, -0.2) is 0 Å². The molecule has 0 aliphatic carbocycles. The second-order valence-corrected chi connectivity index (χ2v) is 4.35. The summed E-state index contributed by atoms with van der Waals surface area (Å²) in [6.07, 6.45) is -4.40. The van der Waals surface area contributed by atoms with E-state index in [0.29, 0.717) is 11.3 Å². The van der Waals surface area contributed by atoms with E-state index in [9.17, 15) is 17.6 Å². The Balaban J connectivity index is 2.16. The monoisotopic (exact) mass is 294 g/mol. The minimum atomic E-state index is -4.40. The summed E-state index contributed by atoms with van der Waals surface area (Å²) in [7, 11) is 0. The van der Waals surface area contributed by atoms with Crippen molar-refractivity contribution in [2.45, 2.75) is 12.7 Å². The third-order valence-corrected chi connectivity index (χ3v) is 2.84. The van der Waals surface area contributed by atoms with Gasteiger partial charge in [-0.05, 0) is 35.9 Å². The molecule has 0 aromatic heterocycles. The molecule has 0 bridgehead atoms. The van der Waals surface area contributed by atoms with Gasteiger partial charge in [-0.2, -0.15) is 18.4 Å². The van der Waals surface area contributed by atoms with E-state index in [0.717, 1.165) is 18.2 Å². The molecule has 1 N–H and O–H groups in total. The molecular formula is C15H10F4N2. The van der Waals surface area contributed by atoms with Crippen LogP contribution in [0, 0.1) is 17.1 Å². The third-order valence-electron chi connectivity index (χ3n) is 2.84. The number of hydrogen-bond donors (Lipinski definition) is 1. The van der Waals surface area contributed by atoms with E-state index in [4.69, 9.17) is 5.26 Å². The molecule has 0 unspecified atom stereocenters. The zero-order valence-electron chi connectivity index (χ0n) is 10.7. The van der Waals surface area contributed by atoms with Crippen LogP contribution in [0.3, 0.4) is 0 Å². The number of rotatable bonds is 3. The summed E-state index contributed by atoms with van der Waals surface area (Å²) in [6, 6.07) is 10.3. The van der Waals surface area contributed by atoms with E-state index in [1.165, 1.54) is 24.3 Å². The van der Waals surface area contributed by atoms with Crippen LogP contribution in [0.15, 0.2) is 42.5 Å². The summed E-state index contributed by atoms with van der Waals surface area (Å²) < 4.78 is 50.7. The van der Waals surface area contributed by atoms with Gasteiger partial charge in [0.15, 0.2) is 0 Å². The maximum Gasteiger partial charge on any atom is 0.416 e. The highest BCUT2D eigenvalue weighted by Crippen LogP contribution is 2.29. The third kappa shape index (κ3) is 3.72. The lowest BCUT2D eigenvalue weighted by Crippen LogP contribution is -2.07. The number of alkyl halides is 3. The number of hydrogen-bond acceptors (Lipinski definition) is 2. The van der Waals surface area contributed by atoms with Crippen molar-refractivity contribution in [3.05, 3.63) is 65.0 Å². The van der Waals surface area contributed by atoms with Gasteiger partial charge in [-0.15, -0.1) is 0 Å². The lowest BCUT2D eigenvalue weighted by molar-refractivity contribution is -0.137. The highest BCUT2D eigenvalue weighted by atomic mass is 19.4. The van der Waals surface area contributed by atoms with Gasteiger partial charge in [-0.25, -0.2) is 4.39 Å². The Labute approximate surface area is 118 Å². The Hall–Kier alpha value is -2.55. The van der Waals surface area contributed by atoms with Gasteiger partial charge in [0.05, 0.1) is 16.8 Å². The summed E-state index contributed by atoms with van der Waals surface area (Å²) >= 11 is 0. The van der Waals surface area contributed by atoms with Gasteiger partial charge in [-0.3, -0.25) is 0 Å². The first kappa shape index (κ1) is 14.9. The Bertz CT molecular complexity index is 687. The molecule has 0 amide bonds. The Morgan fingerprint density at radius 3 is 2.52 bits per heavy atom. The van der Waals surface area contributed by atoms with Gasteiger partial charge >= 0.3 is 6.18 Å². The fourth-order valence-corrected chi connectivity index (χ4v) is 1.82. The van der Waals surface area contributed by atoms with Gasteiger partial charge in [0.2, 0.25) is 0 Å². The van der Waals surface area contributed by atoms with E-state index in [1.54, 1.807) is 0 Å². The van der Waals surface area contributed by atoms with Crippen LogP contribution >= 0.6 is 0 Å². The van der Waals surface area contributed by atoms with Crippen molar-refractivity contribution in [2.24, 2.45) is 0 Å². The fraction of sp³-hybridized carbons (Fsp3) is 0.133. The Morgan fingerprint density at radius 1 is 1.10 bits per heavy atom. The van der Waals surface area contributed by atoms with Crippen LogP contribution in [0.25, 0.3) is 0 Å². The molecule has 0 aliphatic rings. The predicted molar refractivity (Wildman–Crippen MR) is 69.9 cm³/mol. The number of benzene rings is 2. The second-order valence-electron chi connectivity index (χ2n) is 4.35. The van der Waals surface area contributed by atoms with Crippen molar-refractivity contribution in [3.63, 3.8) is 0 Å². The number of halogens is 4. The van der Waals surface area contributed by atoms with E-state index < -0.39 is 17.6 Å². The van der Waals surface area contributed by atoms with E-state index in [1.807, 2.05) is 6.07 Å². The van der Waals surface area contributed by atoms with Crippen LogP contribution in [0.4, 0.5) is 23.2 Å². The van der Waals surface area contributed by atoms with Crippen LogP contribution in [0.5, 0.6) is 0 Å². The molecular weight excluding hydrogens is 284 g/mol. The highest BCUT2D eigenvalue weighted by Gasteiger charge is 2.30. The van der Waals surface area contributed by atoms with Crippen molar-refractivity contribution >= 4 is 5.69 Å². The highest BCUT2D eigenvalue weighted by molar-refractivity contribution is 5.57. The van der Waals surface area contributed by atoms with Crippen LogP contribution in [-0.2, 0) is 12.7 Å². The topological polar surface area (TPSA) is 35.8 Å². The molecule has 0 radical (unpaired) electrons. The molecule has 21 heavy (non-hydrogen) atoms. The second kappa shape index (κ2) is 5.83. The Kier molecular flexibility index (Phi) is 4.13. The first-order valence-electron chi connectivity index (χ1n) is 6.00. The largest absolute Gasteiger partial charge is 0.416 e. The minimum Gasteiger partial charge on any atom is -0.380 e. The summed E-state index contributed by atoms with van der Waals surface area (Å²) in [6.45, 7) is 0.101. The van der Waals surface area contributed by atoms with Crippen molar-refractivity contribution in [1.29, 1.82) is 5.26 Å². The van der Waals surface area contributed by atoms with Gasteiger partial charge in [0.25, 0.3) is 0 Å². The fourth-order valence-electron chi connectivity index (χ4n) is 1.82. The number of nitrogens with one attached hydrogen (secondary N) is 1. The first-order valence-corrected chi connectivity index (χ1v) is 6.00.